The van der Waals surface area contributed by atoms with Gasteiger partial charge < -0.3 is 10.6 Å². The summed E-state index contributed by atoms with van der Waals surface area (Å²) < 4.78 is 0. The van der Waals surface area contributed by atoms with Crippen LogP contribution in [-0.2, 0) is 0 Å². The van der Waals surface area contributed by atoms with Crippen molar-refractivity contribution in [2.75, 3.05) is 5.32 Å². The van der Waals surface area contributed by atoms with Crippen LogP contribution in [-0.4, -0.2) is 11.7 Å². The van der Waals surface area contributed by atoms with Crippen LogP contribution in [0.2, 0.25) is 0 Å². The summed E-state index contributed by atoms with van der Waals surface area (Å²) in [6.07, 6.45) is 4.10. The Morgan fingerprint density at radius 3 is 2.04 bits per heavy atom. The Hall–Kier alpha value is -6.26. The van der Waals surface area contributed by atoms with E-state index < -0.39 is 0 Å². The molecule has 9 rings (SSSR count). The number of nitrogens with one attached hydrogen (secondary N) is 2. The van der Waals surface area contributed by atoms with Gasteiger partial charge in [-0.3, -0.25) is 0 Å². The van der Waals surface area contributed by atoms with Crippen molar-refractivity contribution in [2.24, 2.45) is 9.98 Å². The highest BCUT2D eigenvalue weighted by atomic mass is 15.2. The number of fused-ring (bicyclic) bond motifs is 4. The minimum Gasteiger partial charge on any atom is -0.374 e. The quantitative estimate of drug-likeness (QED) is 0.186. The first-order valence-electron chi connectivity index (χ1n) is 16.8. The first-order valence-corrected chi connectivity index (χ1v) is 16.8. The maximum atomic E-state index is 5.28. The largest absolute Gasteiger partial charge is 0.374 e. The third-order valence-electron chi connectivity index (χ3n) is 9.57. The molecular weight excluding hydrogens is 597 g/mol. The first kappa shape index (κ1) is 28.9. The van der Waals surface area contributed by atoms with Gasteiger partial charge in [0.25, 0.3) is 0 Å². The zero-order valence-electron chi connectivity index (χ0n) is 27.1. The fraction of sp³-hybridized carbons (Fsp3) is 0.0667. The minimum absolute atomic E-state index is 0.0142. The Bertz CT molecular complexity index is 2460. The van der Waals surface area contributed by atoms with Crippen LogP contribution in [0, 0.1) is 6.92 Å². The van der Waals surface area contributed by atoms with Crippen LogP contribution in [0.4, 0.5) is 5.69 Å². The molecule has 4 nitrogen and oxygen atoms in total. The van der Waals surface area contributed by atoms with Gasteiger partial charge >= 0.3 is 0 Å². The van der Waals surface area contributed by atoms with E-state index in [4.69, 9.17) is 9.98 Å². The van der Waals surface area contributed by atoms with Gasteiger partial charge in [-0.1, -0.05) is 139 Å². The summed E-state index contributed by atoms with van der Waals surface area (Å²) in [7, 11) is 0. The molecule has 2 aliphatic rings. The molecule has 4 heteroatoms. The van der Waals surface area contributed by atoms with Crippen molar-refractivity contribution in [1.29, 1.82) is 0 Å². The van der Waals surface area contributed by atoms with Crippen LogP contribution in [0.25, 0.3) is 38.7 Å². The summed E-state index contributed by atoms with van der Waals surface area (Å²) in [5.41, 5.74) is 10.1. The molecule has 234 valence electrons. The van der Waals surface area contributed by atoms with Gasteiger partial charge in [0.2, 0.25) is 0 Å². The second-order valence-electron chi connectivity index (χ2n) is 12.8. The van der Waals surface area contributed by atoms with E-state index in [1.165, 1.54) is 38.2 Å². The number of rotatable bonds is 5. The fourth-order valence-corrected chi connectivity index (χ4v) is 7.03. The summed E-state index contributed by atoms with van der Waals surface area (Å²) in [4.78, 5) is 10.4. The highest BCUT2D eigenvalue weighted by molar-refractivity contribution is 6.17. The molecule has 49 heavy (non-hydrogen) atoms. The van der Waals surface area contributed by atoms with Gasteiger partial charge in [0.05, 0.1) is 6.04 Å². The van der Waals surface area contributed by atoms with E-state index >= 15 is 0 Å². The van der Waals surface area contributed by atoms with E-state index in [2.05, 4.69) is 163 Å². The van der Waals surface area contributed by atoms with Crippen LogP contribution >= 0.6 is 0 Å². The standard InChI is InChI=1S/C45H34N4/c1-29-19-21-32(22-20-29)44-47-43(31-12-3-2-4-13-31)48-45(49-44)36-26-34(25-35(27-36)42-24-23-30-11-6-10-18-41(30)46-42)40-28-33-14-5-7-15-37(33)38-16-8-9-17-39(38)40/h2-28,42,44,46H,1H3,(H,47,48,49). The first-order chi connectivity index (χ1) is 24.2. The number of aryl methyl sites for hydroxylation is 1. The van der Waals surface area contributed by atoms with Gasteiger partial charge in [-0.15, -0.1) is 0 Å². The molecule has 0 spiro atoms. The predicted octanol–water partition coefficient (Wildman–Crippen LogP) is 10.6. The lowest BCUT2D eigenvalue weighted by Crippen LogP contribution is -2.36. The van der Waals surface area contributed by atoms with Gasteiger partial charge in [-0.2, -0.15) is 0 Å². The lowest BCUT2D eigenvalue weighted by atomic mass is 9.89. The van der Waals surface area contributed by atoms with E-state index in [0.29, 0.717) is 0 Å². The van der Waals surface area contributed by atoms with E-state index in [9.17, 15) is 0 Å². The number of anilines is 1. The Kier molecular flexibility index (Phi) is 7.13. The maximum Gasteiger partial charge on any atom is 0.169 e. The normalized spacial score (nSPS) is 16.8. The topological polar surface area (TPSA) is 48.8 Å². The molecule has 0 saturated carbocycles. The molecule has 0 aromatic heterocycles. The van der Waals surface area contributed by atoms with Crippen LogP contribution in [0.15, 0.2) is 168 Å². The van der Waals surface area contributed by atoms with Crippen molar-refractivity contribution in [2.45, 2.75) is 19.1 Å². The molecule has 7 aromatic rings. The highest BCUT2D eigenvalue weighted by Gasteiger charge is 2.23. The molecule has 2 heterocycles. The molecular formula is C45H34N4. The number of aliphatic imine (C=N–C) groups is 2. The van der Waals surface area contributed by atoms with Crippen molar-refractivity contribution >= 4 is 45.0 Å². The fourth-order valence-electron chi connectivity index (χ4n) is 7.03. The van der Waals surface area contributed by atoms with E-state index in [1.807, 2.05) is 18.2 Å². The lowest BCUT2D eigenvalue weighted by molar-refractivity contribution is 0.755. The number of benzene rings is 7. The summed E-state index contributed by atoms with van der Waals surface area (Å²) in [5.74, 6) is 1.61. The Morgan fingerprint density at radius 2 is 1.20 bits per heavy atom. The van der Waals surface area contributed by atoms with Gasteiger partial charge in [-0.25, -0.2) is 9.98 Å². The van der Waals surface area contributed by atoms with Gasteiger partial charge in [-0.05, 0) is 86.6 Å². The van der Waals surface area contributed by atoms with Crippen LogP contribution < -0.4 is 10.6 Å². The summed E-state index contributed by atoms with van der Waals surface area (Å²) in [6, 6.07) is 53.9. The predicted molar refractivity (Wildman–Crippen MR) is 205 cm³/mol. The molecule has 0 aliphatic carbocycles. The van der Waals surface area contributed by atoms with Crippen LogP contribution in [0.5, 0.6) is 0 Å². The second kappa shape index (κ2) is 12.1. The third kappa shape index (κ3) is 5.47. The molecule has 0 saturated heterocycles. The van der Waals surface area contributed by atoms with Crippen molar-refractivity contribution in [3.8, 4) is 11.1 Å². The lowest BCUT2D eigenvalue weighted by Gasteiger charge is -2.26. The molecule has 7 aromatic carbocycles. The zero-order chi connectivity index (χ0) is 32.7. The van der Waals surface area contributed by atoms with Gasteiger partial charge in [0.15, 0.2) is 6.17 Å². The maximum absolute atomic E-state index is 5.28. The smallest absolute Gasteiger partial charge is 0.169 e. The van der Waals surface area contributed by atoms with Crippen LogP contribution in [0.3, 0.4) is 0 Å². The summed E-state index contributed by atoms with van der Waals surface area (Å²) >= 11 is 0. The van der Waals surface area contributed by atoms with Gasteiger partial charge in [0.1, 0.15) is 11.7 Å². The second-order valence-corrected chi connectivity index (χ2v) is 12.8. The van der Waals surface area contributed by atoms with E-state index in [1.54, 1.807) is 0 Å². The summed E-state index contributed by atoms with van der Waals surface area (Å²) in [6.45, 7) is 2.11. The van der Waals surface area contributed by atoms with Gasteiger partial charge in [0, 0.05) is 16.8 Å². The molecule has 0 radical (unpaired) electrons. The van der Waals surface area contributed by atoms with E-state index in [0.717, 1.165) is 45.2 Å². The third-order valence-corrected chi connectivity index (χ3v) is 9.57. The van der Waals surface area contributed by atoms with Crippen molar-refractivity contribution in [3.05, 3.63) is 191 Å². The molecule has 0 amide bonds. The average Bonchev–Trinajstić information content (AvgIpc) is 3.17. The Labute approximate surface area is 286 Å². The van der Waals surface area contributed by atoms with Crippen molar-refractivity contribution in [3.63, 3.8) is 0 Å². The van der Waals surface area contributed by atoms with Crippen molar-refractivity contribution < 1.29 is 0 Å². The highest BCUT2D eigenvalue weighted by Crippen LogP contribution is 2.38. The molecule has 2 unspecified atom stereocenters. The zero-order valence-corrected chi connectivity index (χ0v) is 27.1. The summed E-state index contributed by atoms with van der Waals surface area (Å²) in [5, 5.41) is 12.4. The number of amidine groups is 2. The number of nitrogens with zero attached hydrogens (tertiary/aromatic N) is 2. The minimum atomic E-state index is -0.375. The molecule has 2 atom stereocenters. The van der Waals surface area contributed by atoms with Crippen molar-refractivity contribution in [1.82, 2.24) is 5.32 Å². The Balaban J connectivity index is 1.24. The number of hydrogen-bond acceptors (Lipinski definition) is 4. The SMILES string of the molecule is Cc1ccc(C2N=C(c3ccccc3)NC(c3cc(-c4cc5ccccc5c5ccccc45)cc(C4C=Cc5ccccc5N4)c3)=N2)cc1. The molecule has 0 fully saturated rings. The monoisotopic (exact) mass is 630 g/mol. The molecule has 2 N–H and O–H groups in total. The molecule has 0 bridgehead atoms. The number of para-hydroxylation sites is 1. The Morgan fingerprint density at radius 1 is 0.531 bits per heavy atom. The molecule has 2 aliphatic heterocycles. The number of hydrogen-bond donors (Lipinski definition) is 2. The van der Waals surface area contributed by atoms with Crippen LogP contribution in [0.1, 0.15) is 45.6 Å². The van der Waals surface area contributed by atoms with E-state index in [-0.39, 0.29) is 12.2 Å². The average molecular weight is 631 g/mol.